The molecule has 2 heteroatoms. The third-order valence-electron chi connectivity index (χ3n) is 2.35. The van der Waals surface area contributed by atoms with Gasteiger partial charge in [-0.2, -0.15) is 0 Å². The molecule has 2 nitrogen and oxygen atoms in total. The topological polar surface area (TPSA) is 17.8 Å². The summed E-state index contributed by atoms with van der Waals surface area (Å²) in [4.78, 5) is 4.13. The Kier molecular flexibility index (Phi) is 4.35. The van der Waals surface area contributed by atoms with E-state index in [2.05, 4.69) is 35.7 Å². The van der Waals surface area contributed by atoms with E-state index in [-0.39, 0.29) is 0 Å². The highest BCUT2D eigenvalue weighted by Crippen LogP contribution is 2.19. The Labute approximate surface area is 91.9 Å². The van der Waals surface area contributed by atoms with E-state index >= 15 is 0 Å². The van der Waals surface area contributed by atoms with Crippen molar-refractivity contribution in [2.75, 3.05) is 0 Å². The number of hydrogen-bond acceptors (Lipinski definition) is 1. The Morgan fingerprint density at radius 2 is 2.07 bits per heavy atom. The zero-order valence-corrected chi connectivity index (χ0v) is 10.1. The molecule has 0 N–H and O–H groups in total. The summed E-state index contributed by atoms with van der Waals surface area (Å²) < 4.78 is 2.30. The third-order valence-corrected chi connectivity index (χ3v) is 2.35. The maximum absolute atomic E-state index is 4.13. The van der Waals surface area contributed by atoms with Gasteiger partial charge >= 0.3 is 0 Å². The first-order chi connectivity index (χ1) is 7.33. The average Bonchev–Trinajstić information content (AvgIpc) is 2.61. The fraction of sp³-hybridized carbons (Fsp3) is 0.462. The molecule has 0 aliphatic rings. The highest BCUT2D eigenvalue weighted by atomic mass is 15.0. The largest absolute Gasteiger partial charge is 0.347 e. The minimum Gasteiger partial charge on any atom is -0.347 e. The first-order valence-electron chi connectivity index (χ1n) is 5.72. The molecule has 0 aliphatic carbocycles. The minimum atomic E-state index is 1.09. The average molecular weight is 204 g/mol. The zero-order valence-electron chi connectivity index (χ0n) is 10.1. The van der Waals surface area contributed by atoms with Crippen LogP contribution in [0.4, 0.5) is 0 Å². The third kappa shape index (κ3) is 2.38. The summed E-state index contributed by atoms with van der Waals surface area (Å²) in [5.41, 5.74) is 2.62. The smallest absolute Gasteiger partial charge is 0.0514 e. The van der Waals surface area contributed by atoms with Crippen molar-refractivity contribution in [3.05, 3.63) is 30.2 Å². The predicted octanol–water partition coefficient (Wildman–Crippen LogP) is 3.78. The Morgan fingerprint density at radius 3 is 2.73 bits per heavy atom. The van der Waals surface area contributed by atoms with Crippen molar-refractivity contribution in [2.24, 2.45) is 0 Å². The van der Waals surface area contributed by atoms with Crippen LogP contribution in [0.15, 0.2) is 24.7 Å². The van der Waals surface area contributed by atoms with Crippen molar-refractivity contribution in [3.63, 3.8) is 0 Å². The van der Waals surface area contributed by atoms with E-state index in [1.54, 1.807) is 0 Å². The Morgan fingerprint density at radius 1 is 1.33 bits per heavy atom. The molecule has 0 saturated heterocycles. The van der Waals surface area contributed by atoms with Crippen LogP contribution in [0.25, 0.3) is 10.9 Å². The molecule has 2 aromatic heterocycles. The van der Waals surface area contributed by atoms with Crippen molar-refractivity contribution < 1.29 is 0 Å². The molecule has 0 fully saturated rings. The van der Waals surface area contributed by atoms with Gasteiger partial charge in [0, 0.05) is 30.5 Å². The Bertz CT molecular complexity index is 415. The van der Waals surface area contributed by atoms with Crippen LogP contribution in [0.3, 0.4) is 0 Å². The molecule has 0 spiro atoms. The second-order valence-corrected chi connectivity index (χ2v) is 3.40. The maximum Gasteiger partial charge on any atom is 0.0514 e. The lowest BCUT2D eigenvalue weighted by molar-refractivity contribution is 0.702. The number of fused-ring (bicyclic) bond motifs is 1. The van der Waals surface area contributed by atoms with E-state index in [9.17, 15) is 0 Å². The molecule has 2 heterocycles. The number of nitrogens with zero attached hydrogens (tertiary/aromatic N) is 2. The summed E-state index contributed by atoms with van der Waals surface area (Å²) in [7, 11) is 0. The molecule has 0 saturated carbocycles. The fourth-order valence-electron chi connectivity index (χ4n) is 1.74. The second-order valence-electron chi connectivity index (χ2n) is 3.40. The van der Waals surface area contributed by atoms with Gasteiger partial charge in [0.25, 0.3) is 0 Å². The minimum absolute atomic E-state index is 1.09. The van der Waals surface area contributed by atoms with Crippen molar-refractivity contribution in [3.8, 4) is 0 Å². The summed E-state index contributed by atoms with van der Waals surface area (Å²) in [6, 6.07) is 2.08. The van der Waals surface area contributed by atoms with Crippen molar-refractivity contribution in [1.29, 1.82) is 0 Å². The lowest BCUT2D eigenvalue weighted by atomic mass is 10.2. The van der Waals surface area contributed by atoms with Crippen molar-refractivity contribution in [2.45, 2.75) is 40.7 Å². The first-order valence-corrected chi connectivity index (χ1v) is 5.72. The van der Waals surface area contributed by atoms with E-state index in [0.717, 1.165) is 6.54 Å². The van der Waals surface area contributed by atoms with Crippen LogP contribution in [0, 0.1) is 6.92 Å². The lowest BCUT2D eigenvalue weighted by Gasteiger charge is -2.00. The first kappa shape index (κ1) is 11.8. The van der Waals surface area contributed by atoms with Crippen LogP contribution in [-0.2, 0) is 6.54 Å². The number of aromatic nitrogens is 2. The van der Waals surface area contributed by atoms with Crippen LogP contribution in [0.5, 0.6) is 0 Å². The molecule has 0 atom stereocenters. The molecule has 82 valence electrons. The summed E-state index contributed by atoms with van der Waals surface area (Å²) >= 11 is 0. The summed E-state index contributed by atoms with van der Waals surface area (Å²) in [5.74, 6) is 0. The normalized spacial score (nSPS) is 9.87. The maximum atomic E-state index is 4.13. The molecule has 15 heavy (non-hydrogen) atoms. The quantitative estimate of drug-likeness (QED) is 0.728. The molecule has 0 aliphatic heterocycles. The van der Waals surface area contributed by atoms with Crippen LogP contribution in [-0.4, -0.2) is 9.55 Å². The number of aryl methyl sites for hydroxylation is 2. The molecule has 0 amide bonds. The van der Waals surface area contributed by atoms with Gasteiger partial charge in [0.15, 0.2) is 0 Å². The number of hydrogen-bond donors (Lipinski definition) is 0. The summed E-state index contributed by atoms with van der Waals surface area (Å²) in [6.07, 6.45) is 7.17. The van der Waals surface area contributed by atoms with Gasteiger partial charge in [-0.1, -0.05) is 20.8 Å². The fourth-order valence-corrected chi connectivity index (χ4v) is 1.74. The van der Waals surface area contributed by atoms with Crippen molar-refractivity contribution in [1.82, 2.24) is 9.55 Å². The van der Waals surface area contributed by atoms with Gasteiger partial charge in [-0.3, -0.25) is 4.98 Å². The SMILES string of the molecule is CC.CCCn1cc(C)c2cnccc21. The van der Waals surface area contributed by atoms with E-state index in [4.69, 9.17) is 0 Å². The molecular weight excluding hydrogens is 184 g/mol. The zero-order chi connectivity index (χ0) is 11.3. The van der Waals surface area contributed by atoms with E-state index < -0.39 is 0 Å². The summed E-state index contributed by atoms with van der Waals surface area (Å²) in [6.45, 7) is 9.42. The van der Waals surface area contributed by atoms with Gasteiger partial charge in [0.2, 0.25) is 0 Å². The second kappa shape index (κ2) is 5.54. The van der Waals surface area contributed by atoms with E-state index in [0.29, 0.717) is 0 Å². The van der Waals surface area contributed by atoms with E-state index in [1.165, 1.54) is 22.9 Å². The van der Waals surface area contributed by atoms with Gasteiger partial charge in [-0.15, -0.1) is 0 Å². The van der Waals surface area contributed by atoms with E-state index in [1.807, 2.05) is 26.2 Å². The van der Waals surface area contributed by atoms with Crippen LogP contribution in [0.1, 0.15) is 32.8 Å². The monoisotopic (exact) mass is 204 g/mol. The van der Waals surface area contributed by atoms with Gasteiger partial charge in [-0.25, -0.2) is 0 Å². The molecule has 0 aromatic carbocycles. The van der Waals surface area contributed by atoms with Gasteiger partial charge in [0.1, 0.15) is 0 Å². The van der Waals surface area contributed by atoms with Gasteiger partial charge < -0.3 is 4.57 Å². The highest BCUT2D eigenvalue weighted by molar-refractivity contribution is 5.82. The Balaban J connectivity index is 0.000000531. The predicted molar refractivity (Wildman–Crippen MR) is 66.1 cm³/mol. The van der Waals surface area contributed by atoms with Gasteiger partial charge in [0.05, 0.1) is 5.52 Å². The molecule has 2 rings (SSSR count). The molecular formula is C13H20N2. The molecule has 2 aromatic rings. The van der Waals surface area contributed by atoms with Gasteiger partial charge in [-0.05, 0) is 25.0 Å². The molecule has 0 bridgehead atoms. The number of rotatable bonds is 2. The number of pyridine rings is 1. The van der Waals surface area contributed by atoms with Crippen molar-refractivity contribution >= 4 is 10.9 Å². The summed E-state index contributed by atoms with van der Waals surface area (Å²) in [5, 5.41) is 1.27. The Hall–Kier alpha value is -1.31. The standard InChI is InChI=1S/C11H14N2.C2H6/c1-3-6-13-8-9(2)10-7-12-5-4-11(10)13;1-2/h4-5,7-8H,3,6H2,1-2H3;1-2H3. The van der Waals surface area contributed by atoms with Crippen LogP contribution in [0.2, 0.25) is 0 Å². The molecule has 0 radical (unpaired) electrons. The van der Waals surface area contributed by atoms with Crippen LogP contribution >= 0.6 is 0 Å². The lowest BCUT2D eigenvalue weighted by Crippen LogP contribution is -1.93. The molecule has 0 unspecified atom stereocenters. The van der Waals surface area contributed by atoms with Crippen LogP contribution < -0.4 is 0 Å². The highest BCUT2D eigenvalue weighted by Gasteiger charge is 2.02.